The van der Waals surface area contributed by atoms with Gasteiger partial charge in [0.05, 0.1) is 22.8 Å². The highest BCUT2D eigenvalue weighted by atomic mass is 79.9. The van der Waals surface area contributed by atoms with Crippen LogP contribution in [0.4, 0.5) is 10.8 Å². The number of hydrogen-bond acceptors (Lipinski definition) is 6. The van der Waals surface area contributed by atoms with Gasteiger partial charge in [-0.15, -0.1) is 0 Å². The van der Waals surface area contributed by atoms with Crippen LogP contribution in [-0.4, -0.2) is 41.6 Å². The molecule has 130 valence electrons. The van der Waals surface area contributed by atoms with Gasteiger partial charge in [0, 0.05) is 34.9 Å². The number of thiazole rings is 1. The van der Waals surface area contributed by atoms with E-state index in [1.807, 2.05) is 30.5 Å². The third-order valence-electron chi connectivity index (χ3n) is 4.21. The number of ether oxygens (including phenoxy) is 1. The van der Waals surface area contributed by atoms with E-state index >= 15 is 0 Å². The molecule has 1 N–H and O–H groups in total. The van der Waals surface area contributed by atoms with Gasteiger partial charge in [-0.25, -0.2) is 0 Å². The van der Waals surface area contributed by atoms with Gasteiger partial charge in [-0.1, -0.05) is 27.3 Å². The van der Waals surface area contributed by atoms with E-state index in [0.29, 0.717) is 0 Å². The molecule has 0 unspecified atom stereocenters. The maximum Gasteiger partial charge on any atom is 0.231 e. The number of aromatic nitrogens is 1. The van der Waals surface area contributed by atoms with Gasteiger partial charge >= 0.3 is 0 Å². The number of aliphatic imine (C=N–C) groups is 1. The summed E-state index contributed by atoms with van der Waals surface area (Å²) in [5, 5.41) is 11.1. The number of benzene rings is 1. The van der Waals surface area contributed by atoms with E-state index < -0.39 is 0 Å². The quantitative estimate of drug-likeness (QED) is 0.779. The molecule has 5 nitrogen and oxygen atoms in total. The first-order chi connectivity index (χ1) is 12.0. The van der Waals surface area contributed by atoms with Gasteiger partial charge in [-0.3, -0.25) is 4.99 Å². The SMILES string of the molecule is C[C@@H]1CN(c2nc(O)c(C=C3C=Nc4ccc(Br)cc43)s2)C[C@H](C)O1. The van der Waals surface area contributed by atoms with E-state index in [2.05, 4.69) is 44.7 Å². The molecule has 0 radical (unpaired) electrons. The number of hydrogen-bond donors (Lipinski definition) is 1. The van der Waals surface area contributed by atoms with E-state index in [1.165, 1.54) is 11.3 Å². The van der Waals surface area contributed by atoms with E-state index in [4.69, 9.17) is 4.74 Å². The third kappa shape index (κ3) is 3.36. The van der Waals surface area contributed by atoms with Crippen molar-refractivity contribution in [2.45, 2.75) is 26.1 Å². The summed E-state index contributed by atoms with van der Waals surface area (Å²) in [5.74, 6) is 0.0659. The second kappa shape index (κ2) is 6.55. The number of fused-ring (bicyclic) bond motifs is 1. The van der Waals surface area contributed by atoms with Crippen molar-refractivity contribution >= 4 is 55.9 Å². The average molecular weight is 420 g/mol. The van der Waals surface area contributed by atoms with Crippen molar-refractivity contribution in [2.75, 3.05) is 18.0 Å². The second-order valence-corrected chi connectivity index (χ2v) is 8.29. The average Bonchev–Trinajstić information content (AvgIpc) is 3.11. The number of allylic oxidation sites excluding steroid dienone is 1. The Hall–Kier alpha value is -1.70. The van der Waals surface area contributed by atoms with Crippen molar-refractivity contribution in [3.8, 4) is 5.88 Å². The molecule has 2 aliphatic rings. The number of aromatic hydroxyl groups is 1. The van der Waals surface area contributed by atoms with Gasteiger partial charge in [0.25, 0.3) is 0 Å². The molecule has 0 saturated carbocycles. The lowest BCUT2D eigenvalue weighted by molar-refractivity contribution is -0.00525. The van der Waals surface area contributed by atoms with Crippen LogP contribution in [0.1, 0.15) is 24.3 Å². The third-order valence-corrected chi connectivity index (χ3v) is 5.76. The Labute approximate surface area is 158 Å². The van der Waals surface area contributed by atoms with Crippen LogP contribution in [0.15, 0.2) is 27.7 Å². The zero-order valence-electron chi connectivity index (χ0n) is 13.9. The molecule has 2 atom stereocenters. The number of anilines is 1. The number of rotatable bonds is 2. The lowest BCUT2D eigenvalue weighted by Crippen LogP contribution is -2.45. The van der Waals surface area contributed by atoms with Crippen molar-refractivity contribution in [3.63, 3.8) is 0 Å². The predicted molar refractivity (Wildman–Crippen MR) is 106 cm³/mol. The number of halogens is 1. The molecule has 0 spiro atoms. The largest absolute Gasteiger partial charge is 0.492 e. The van der Waals surface area contributed by atoms with Crippen molar-refractivity contribution in [1.82, 2.24) is 4.98 Å². The first kappa shape index (κ1) is 16.8. The Morgan fingerprint density at radius 2 is 2.08 bits per heavy atom. The molecule has 3 heterocycles. The standard InChI is InChI=1S/C18H18BrN3O2S/c1-10-8-22(9-11(2)24-10)18-21-17(23)16(25-18)5-12-7-20-15-4-3-13(19)6-14(12)15/h3-7,10-11,23H,8-9H2,1-2H3/t10-,11+. The summed E-state index contributed by atoms with van der Waals surface area (Å²) in [6.07, 6.45) is 4.09. The van der Waals surface area contributed by atoms with Gasteiger partial charge in [-0.2, -0.15) is 4.98 Å². The maximum absolute atomic E-state index is 10.3. The van der Waals surface area contributed by atoms with Crippen LogP contribution >= 0.6 is 27.3 Å². The Morgan fingerprint density at radius 1 is 1.32 bits per heavy atom. The van der Waals surface area contributed by atoms with E-state index in [9.17, 15) is 5.11 Å². The molecular weight excluding hydrogens is 402 g/mol. The summed E-state index contributed by atoms with van der Waals surface area (Å²) < 4.78 is 6.78. The highest BCUT2D eigenvalue weighted by Crippen LogP contribution is 2.38. The van der Waals surface area contributed by atoms with Crippen LogP contribution < -0.4 is 4.90 Å². The van der Waals surface area contributed by atoms with Crippen LogP contribution in [-0.2, 0) is 4.74 Å². The van der Waals surface area contributed by atoms with Gasteiger partial charge in [-0.05, 0) is 38.1 Å². The summed E-state index contributed by atoms with van der Waals surface area (Å²) in [6, 6.07) is 5.99. The van der Waals surface area contributed by atoms with Crippen LogP contribution in [0.25, 0.3) is 11.6 Å². The Balaban J connectivity index is 1.64. The topological polar surface area (TPSA) is 58.0 Å². The lowest BCUT2D eigenvalue weighted by atomic mass is 10.1. The van der Waals surface area contributed by atoms with Crippen LogP contribution in [0, 0.1) is 0 Å². The van der Waals surface area contributed by atoms with E-state index in [0.717, 1.165) is 44.4 Å². The summed E-state index contributed by atoms with van der Waals surface area (Å²) >= 11 is 4.99. The van der Waals surface area contributed by atoms with Gasteiger partial charge in [0.2, 0.25) is 5.88 Å². The summed E-state index contributed by atoms with van der Waals surface area (Å²) in [6.45, 7) is 5.68. The molecule has 1 fully saturated rings. The maximum atomic E-state index is 10.3. The minimum Gasteiger partial charge on any atom is -0.492 e. The first-order valence-electron chi connectivity index (χ1n) is 8.15. The van der Waals surface area contributed by atoms with Crippen molar-refractivity contribution in [1.29, 1.82) is 0 Å². The molecule has 1 saturated heterocycles. The normalized spacial score (nSPS) is 24.1. The molecule has 7 heteroatoms. The molecule has 0 bridgehead atoms. The Kier molecular flexibility index (Phi) is 4.39. The predicted octanol–water partition coefficient (Wildman–Crippen LogP) is 4.48. The fourth-order valence-electron chi connectivity index (χ4n) is 3.19. The fourth-order valence-corrected chi connectivity index (χ4v) is 4.48. The van der Waals surface area contributed by atoms with Crippen molar-refractivity contribution in [3.05, 3.63) is 33.1 Å². The molecule has 1 aromatic heterocycles. The highest BCUT2D eigenvalue weighted by Gasteiger charge is 2.25. The molecule has 1 aromatic carbocycles. The van der Waals surface area contributed by atoms with Crippen LogP contribution in [0.2, 0.25) is 0 Å². The smallest absolute Gasteiger partial charge is 0.231 e. The monoisotopic (exact) mass is 419 g/mol. The minimum absolute atomic E-state index is 0.0659. The molecule has 0 amide bonds. The molecule has 4 rings (SSSR count). The van der Waals surface area contributed by atoms with Crippen LogP contribution in [0.5, 0.6) is 5.88 Å². The number of morpholine rings is 1. The van der Waals surface area contributed by atoms with E-state index in [-0.39, 0.29) is 18.1 Å². The molecule has 2 aliphatic heterocycles. The van der Waals surface area contributed by atoms with Gasteiger partial charge < -0.3 is 14.7 Å². The van der Waals surface area contributed by atoms with Crippen molar-refractivity contribution < 1.29 is 9.84 Å². The van der Waals surface area contributed by atoms with Crippen LogP contribution in [0.3, 0.4) is 0 Å². The Bertz CT molecular complexity index is 867. The summed E-state index contributed by atoms with van der Waals surface area (Å²) in [5.41, 5.74) is 2.97. The molecular formula is C18H18BrN3O2S. The Morgan fingerprint density at radius 3 is 2.84 bits per heavy atom. The zero-order chi connectivity index (χ0) is 17.6. The van der Waals surface area contributed by atoms with E-state index in [1.54, 1.807) is 0 Å². The number of nitrogens with zero attached hydrogens (tertiary/aromatic N) is 3. The molecule has 0 aliphatic carbocycles. The first-order valence-corrected chi connectivity index (χ1v) is 9.76. The van der Waals surface area contributed by atoms with Gasteiger partial charge in [0.15, 0.2) is 5.13 Å². The zero-order valence-corrected chi connectivity index (χ0v) is 16.3. The summed E-state index contributed by atoms with van der Waals surface area (Å²) in [4.78, 5) is 11.7. The summed E-state index contributed by atoms with van der Waals surface area (Å²) in [7, 11) is 0. The lowest BCUT2D eigenvalue weighted by Gasteiger charge is -2.35. The molecule has 25 heavy (non-hydrogen) atoms. The van der Waals surface area contributed by atoms with Gasteiger partial charge in [0.1, 0.15) is 0 Å². The van der Waals surface area contributed by atoms with Crippen molar-refractivity contribution in [2.24, 2.45) is 4.99 Å². The highest BCUT2D eigenvalue weighted by molar-refractivity contribution is 9.10. The minimum atomic E-state index is 0.0659. The molecule has 2 aromatic rings. The fraction of sp³-hybridized carbons (Fsp3) is 0.333. The second-order valence-electron chi connectivity index (χ2n) is 6.37.